The van der Waals surface area contributed by atoms with Crippen LogP contribution < -0.4 is 4.31 Å². The molecule has 0 spiro atoms. The van der Waals surface area contributed by atoms with Crippen LogP contribution in [0.1, 0.15) is 44.1 Å². The van der Waals surface area contributed by atoms with Crippen LogP contribution in [0.5, 0.6) is 0 Å². The third kappa shape index (κ3) is 5.79. The summed E-state index contributed by atoms with van der Waals surface area (Å²) in [5.41, 5.74) is 1.83. The van der Waals surface area contributed by atoms with E-state index in [-0.39, 0.29) is 18.2 Å². The van der Waals surface area contributed by atoms with Gasteiger partial charge in [0.15, 0.2) is 0 Å². The maximum absolute atomic E-state index is 13.3. The van der Waals surface area contributed by atoms with E-state index in [0.29, 0.717) is 23.7 Å². The van der Waals surface area contributed by atoms with Crippen LogP contribution in [0.25, 0.3) is 11.5 Å². The zero-order valence-corrected chi connectivity index (χ0v) is 19.8. The maximum Gasteiger partial charge on any atom is 0.314 e. The molecule has 182 valence electrons. The zero-order valence-electron chi connectivity index (χ0n) is 19.0. The Morgan fingerprint density at radius 2 is 1.85 bits per heavy atom. The number of nitrogens with zero attached hydrogens (tertiary/aromatic N) is 4. The van der Waals surface area contributed by atoms with Crippen LogP contribution in [-0.2, 0) is 16.6 Å². The molecule has 10 heteroatoms. The van der Waals surface area contributed by atoms with Crippen molar-refractivity contribution in [2.45, 2.75) is 45.2 Å². The van der Waals surface area contributed by atoms with Crippen molar-refractivity contribution in [3.8, 4) is 11.5 Å². The molecule has 0 bridgehead atoms. The summed E-state index contributed by atoms with van der Waals surface area (Å²) in [6.07, 6.45) is 0.0521. The number of anilines is 1. The molecule has 34 heavy (non-hydrogen) atoms. The van der Waals surface area contributed by atoms with Crippen molar-refractivity contribution >= 4 is 15.7 Å². The molecule has 2 aromatic carbocycles. The van der Waals surface area contributed by atoms with Crippen LogP contribution in [0.3, 0.4) is 0 Å². The Bertz CT molecular complexity index is 1170. The van der Waals surface area contributed by atoms with Gasteiger partial charge in [0, 0.05) is 11.6 Å². The number of hydrogen-bond acceptors (Lipinski definition) is 6. The second kappa shape index (κ2) is 10.6. The number of likely N-dealkylation sites (tertiary alicyclic amines) is 1. The Hall–Kier alpha value is -2.85. The highest BCUT2D eigenvalue weighted by Gasteiger charge is 2.25. The van der Waals surface area contributed by atoms with E-state index in [1.165, 1.54) is 4.31 Å². The second-order valence-electron chi connectivity index (χ2n) is 8.48. The van der Waals surface area contributed by atoms with Crippen LogP contribution in [0, 0.1) is 0 Å². The van der Waals surface area contributed by atoms with Gasteiger partial charge in [0.25, 0.3) is 5.89 Å². The lowest BCUT2D eigenvalue weighted by atomic mass is 10.1. The number of rotatable bonds is 10. The lowest BCUT2D eigenvalue weighted by molar-refractivity contribution is 0.116. The molecule has 2 heterocycles. The highest BCUT2D eigenvalue weighted by molar-refractivity contribution is 7.92. The second-order valence-corrected chi connectivity index (χ2v) is 10.5. The number of sulfonamides is 1. The first kappa shape index (κ1) is 24.3. The minimum Gasteiger partial charge on any atom is -0.415 e. The van der Waals surface area contributed by atoms with Crippen molar-refractivity contribution in [2.75, 3.05) is 23.1 Å². The molecule has 0 aliphatic carbocycles. The average Bonchev–Trinajstić information content (AvgIpc) is 3.48. The summed E-state index contributed by atoms with van der Waals surface area (Å²) in [6, 6.07) is 16.3. The van der Waals surface area contributed by atoms with Gasteiger partial charge >= 0.3 is 6.43 Å². The molecule has 1 fully saturated rings. The predicted molar refractivity (Wildman–Crippen MR) is 126 cm³/mol. The summed E-state index contributed by atoms with van der Waals surface area (Å²) in [5, 5.41) is 6.99. The van der Waals surface area contributed by atoms with E-state index >= 15 is 0 Å². The molecule has 0 radical (unpaired) electrons. The van der Waals surface area contributed by atoms with Gasteiger partial charge in [0.1, 0.15) is 0 Å². The van der Waals surface area contributed by atoms with E-state index in [0.717, 1.165) is 31.5 Å². The third-order valence-corrected chi connectivity index (χ3v) is 7.89. The Balaban J connectivity index is 1.48. The fourth-order valence-corrected chi connectivity index (χ4v) is 5.69. The smallest absolute Gasteiger partial charge is 0.314 e. The molecule has 1 atom stereocenters. The van der Waals surface area contributed by atoms with E-state index in [2.05, 4.69) is 22.0 Å². The highest BCUT2D eigenvalue weighted by Crippen LogP contribution is 2.26. The predicted octanol–water partition coefficient (Wildman–Crippen LogP) is 4.89. The summed E-state index contributed by atoms with van der Waals surface area (Å²) in [7, 11) is -3.57. The molecule has 0 N–H and O–H groups in total. The van der Waals surface area contributed by atoms with E-state index in [1.807, 2.05) is 18.2 Å². The number of para-hydroxylation sites is 1. The molecule has 0 amide bonds. The third-order valence-electron chi connectivity index (χ3n) is 6.07. The normalized spacial score (nSPS) is 16.9. The minimum atomic E-state index is -3.57. The van der Waals surface area contributed by atoms with Crippen LogP contribution in [0.2, 0.25) is 0 Å². The SMILES string of the molecule is C[C@H]1CCCN1CCCS(=O)(=O)N(Cc1ccc(-c2nnc(C(F)F)o2)cc1)c1ccccc1. The zero-order chi connectivity index (χ0) is 24.1. The van der Waals surface area contributed by atoms with Crippen LogP contribution >= 0.6 is 0 Å². The fourth-order valence-electron chi connectivity index (χ4n) is 4.19. The summed E-state index contributed by atoms with van der Waals surface area (Å²) < 4.78 is 58.5. The summed E-state index contributed by atoms with van der Waals surface area (Å²) in [4.78, 5) is 2.35. The van der Waals surface area contributed by atoms with Gasteiger partial charge in [0.05, 0.1) is 18.0 Å². The first-order valence-corrected chi connectivity index (χ1v) is 12.9. The van der Waals surface area contributed by atoms with E-state index in [1.54, 1.807) is 36.4 Å². The van der Waals surface area contributed by atoms with Crippen LogP contribution in [0.4, 0.5) is 14.5 Å². The molecule has 1 aromatic heterocycles. The lowest BCUT2D eigenvalue weighted by Gasteiger charge is -2.26. The van der Waals surface area contributed by atoms with Gasteiger partial charge < -0.3 is 9.32 Å². The van der Waals surface area contributed by atoms with Gasteiger partial charge in [-0.3, -0.25) is 4.31 Å². The van der Waals surface area contributed by atoms with Gasteiger partial charge in [-0.25, -0.2) is 8.42 Å². The number of aromatic nitrogens is 2. The van der Waals surface area contributed by atoms with E-state index in [9.17, 15) is 17.2 Å². The summed E-state index contributed by atoms with van der Waals surface area (Å²) in [6.45, 7) is 4.13. The van der Waals surface area contributed by atoms with Crippen LogP contribution in [-0.4, -0.2) is 48.4 Å². The van der Waals surface area contributed by atoms with Crippen molar-refractivity contribution in [3.05, 3.63) is 66.1 Å². The number of hydrogen-bond donors (Lipinski definition) is 0. The van der Waals surface area contributed by atoms with Crippen LogP contribution in [0.15, 0.2) is 59.0 Å². The Morgan fingerprint density at radius 3 is 2.47 bits per heavy atom. The standard InChI is InChI=1S/C24H28F2N4O3S/c1-18-7-5-14-29(18)15-6-16-34(31,32)30(21-8-3-2-4-9-21)17-19-10-12-20(13-11-19)23-27-28-24(33-23)22(25)26/h2-4,8-13,18,22H,5-7,14-17H2,1H3/t18-/m0/s1. The molecule has 1 aliphatic rings. The molecule has 1 saturated heterocycles. The van der Waals surface area contributed by atoms with Gasteiger partial charge in [-0.05, 0) is 69.1 Å². The van der Waals surface area contributed by atoms with Crippen molar-refractivity contribution < 1.29 is 21.6 Å². The van der Waals surface area contributed by atoms with Crippen molar-refractivity contribution in [2.24, 2.45) is 0 Å². The Labute approximate surface area is 198 Å². The molecule has 4 rings (SSSR count). The van der Waals surface area contributed by atoms with E-state index < -0.39 is 22.3 Å². The fraction of sp³-hybridized carbons (Fsp3) is 0.417. The minimum absolute atomic E-state index is 0.00877. The van der Waals surface area contributed by atoms with Crippen molar-refractivity contribution in [1.29, 1.82) is 0 Å². The molecule has 3 aromatic rings. The summed E-state index contributed by atoms with van der Waals surface area (Å²) in [5.74, 6) is -0.684. The van der Waals surface area contributed by atoms with E-state index in [4.69, 9.17) is 4.42 Å². The lowest BCUT2D eigenvalue weighted by Crippen LogP contribution is -2.35. The topological polar surface area (TPSA) is 79.5 Å². The monoisotopic (exact) mass is 490 g/mol. The molecular weight excluding hydrogens is 462 g/mol. The first-order valence-electron chi connectivity index (χ1n) is 11.3. The quantitative estimate of drug-likeness (QED) is 0.403. The van der Waals surface area contributed by atoms with Crippen molar-refractivity contribution in [3.63, 3.8) is 0 Å². The van der Waals surface area contributed by atoms with Gasteiger partial charge in [-0.1, -0.05) is 30.3 Å². The van der Waals surface area contributed by atoms with Crippen molar-refractivity contribution in [1.82, 2.24) is 15.1 Å². The molecule has 0 unspecified atom stereocenters. The molecular formula is C24H28F2N4O3S. The number of halogens is 2. The average molecular weight is 491 g/mol. The molecule has 7 nitrogen and oxygen atoms in total. The largest absolute Gasteiger partial charge is 0.415 e. The highest BCUT2D eigenvalue weighted by atomic mass is 32.2. The first-order chi connectivity index (χ1) is 16.3. The maximum atomic E-state index is 13.3. The Morgan fingerprint density at radius 1 is 1.12 bits per heavy atom. The summed E-state index contributed by atoms with van der Waals surface area (Å²) >= 11 is 0. The molecule has 0 saturated carbocycles. The van der Waals surface area contributed by atoms with Gasteiger partial charge in [0.2, 0.25) is 15.9 Å². The molecule has 1 aliphatic heterocycles. The van der Waals surface area contributed by atoms with Gasteiger partial charge in [-0.15, -0.1) is 10.2 Å². The van der Waals surface area contributed by atoms with Gasteiger partial charge in [-0.2, -0.15) is 8.78 Å². The Kier molecular flexibility index (Phi) is 7.57. The number of alkyl halides is 2. The number of benzene rings is 2.